The molecule has 5 amide bonds. The highest BCUT2D eigenvalue weighted by Crippen LogP contribution is 2.11. The Balaban J connectivity index is 2.16. The predicted molar refractivity (Wildman–Crippen MR) is 90.3 cm³/mol. The second-order valence-electron chi connectivity index (χ2n) is 5.29. The average Bonchev–Trinajstić information content (AvgIpc) is 2.93. The van der Waals surface area contributed by atoms with Gasteiger partial charge in [0.1, 0.15) is 6.54 Å². The predicted octanol–water partition coefficient (Wildman–Crippen LogP) is -2.99. The number of rotatable bonds is 10. The lowest BCUT2D eigenvalue weighted by Crippen LogP contribution is -2.44. The smallest absolute Gasteiger partial charge is 0.352 e. The van der Waals surface area contributed by atoms with Crippen molar-refractivity contribution in [3.05, 3.63) is 0 Å². The number of thioether (sulfide) groups is 1. The number of hydrogen-bond donors (Lipinski definition) is 4. The van der Waals surface area contributed by atoms with Crippen LogP contribution in [0, 0.1) is 0 Å². The van der Waals surface area contributed by atoms with Gasteiger partial charge in [-0.05, 0) is 6.92 Å². The van der Waals surface area contributed by atoms with Gasteiger partial charge >= 0.3 is 5.97 Å². The first-order chi connectivity index (χ1) is 12.7. The molecule has 0 aromatic rings. The third kappa shape index (κ3) is 9.01. The fourth-order valence-corrected chi connectivity index (χ4v) is 2.19. The Bertz CT molecular complexity index is 608. The van der Waals surface area contributed by atoms with E-state index in [1.165, 1.54) is 6.92 Å². The third-order valence-corrected chi connectivity index (χ3v) is 3.89. The highest BCUT2D eigenvalue weighted by atomic mass is 32.2. The summed E-state index contributed by atoms with van der Waals surface area (Å²) < 4.78 is 0. The van der Waals surface area contributed by atoms with Crippen LogP contribution in [0.25, 0.3) is 0 Å². The van der Waals surface area contributed by atoms with Gasteiger partial charge in [-0.3, -0.25) is 24.0 Å². The molecule has 0 saturated carbocycles. The summed E-state index contributed by atoms with van der Waals surface area (Å²) in [5.74, 6) is -4.10. The van der Waals surface area contributed by atoms with Crippen molar-refractivity contribution in [2.45, 2.75) is 25.2 Å². The molecule has 0 aromatic carbocycles. The lowest BCUT2D eigenvalue weighted by Gasteiger charge is -2.13. The van der Waals surface area contributed by atoms with Crippen LogP contribution < -0.4 is 16.0 Å². The highest BCUT2D eigenvalue weighted by molar-refractivity contribution is 8.00. The first-order valence-electron chi connectivity index (χ1n) is 7.85. The first kappa shape index (κ1) is 22.4. The number of hydroxylamine groups is 2. The Morgan fingerprint density at radius 3 is 2.00 bits per heavy atom. The Morgan fingerprint density at radius 1 is 1.00 bits per heavy atom. The number of nitrogens with one attached hydrogen (secondary N) is 3. The van der Waals surface area contributed by atoms with E-state index in [0.717, 1.165) is 11.8 Å². The third-order valence-electron chi connectivity index (χ3n) is 2.98. The highest BCUT2D eigenvalue weighted by Gasteiger charge is 2.32. The van der Waals surface area contributed by atoms with Crippen LogP contribution in [0.15, 0.2) is 0 Å². The van der Waals surface area contributed by atoms with E-state index in [1.807, 2.05) is 0 Å². The van der Waals surface area contributed by atoms with Gasteiger partial charge in [-0.15, -0.1) is 16.8 Å². The lowest BCUT2D eigenvalue weighted by atomic mass is 10.4. The maximum Gasteiger partial charge on any atom is 0.352 e. The van der Waals surface area contributed by atoms with Crippen molar-refractivity contribution >= 4 is 47.3 Å². The molecule has 1 atom stereocenters. The molecule has 1 saturated heterocycles. The van der Waals surface area contributed by atoms with Gasteiger partial charge in [0.2, 0.25) is 17.7 Å². The Kier molecular flexibility index (Phi) is 9.22. The van der Waals surface area contributed by atoms with Crippen LogP contribution in [0.1, 0.15) is 19.8 Å². The van der Waals surface area contributed by atoms with Gasteiger partial charge in [0, 0.05) is 12.8 Å². The number of imide groups is 1. The summed E-state index contributed by atoms with van der Waals surface area (Å²) in [5, 5.41) is 16.0. The zero-order chi connectivity index (χ0) is 20.4. The van der Waals surface area contributed by atoms with Crippen LogP contribution in [0.3, 0.4) is 0 Å². The van der Waals surface area contributed by atoms with Crippen LogP contribution >= 0.6 is 11.8 Å². The molecule has 1 heterocycles. The molecule has 0 spiro atoms. The van der Waals surface area contributed by atoms with Gasteiger partial charge in [-0.1, -0.05) is 0 Å². The standard InChI is InChI=1S/C14H20N4O8S/c1-8(19)27-7-11(22)16-5-9(20)15-4-10(21)17-6-14(25)26-18-12(23)2-3-13(18)24/h8,19H,2-7H2,1H3,(H,15,20)(H,16,22)(H,17,21). The van der Waals surface area contributed by atoms with E-state index in [1.54, 1.807) is 0 Å². The van der Waals surface area contributed by atoms with Gasteiger partial charge in [0.25, 0.3) is 11.8 Å². The Hall–Kier alpha value is -2.67. The average molecular weight is 404 g/mol. The van der Waals surface area contributed by atoms with Gasteiger partial charge in [-0.25, -0.2) is 4.79 Å². The number of nitrogens with zero attached hydrogens (tertiary/aromatic N) is 1. The summed E-state index contributed by atoms with van der Waals surface area (Å²) in [7, 11) is 0. The van der Waals surface area contributed by atoms with Crippen LogP contribution in [-0.4, -0.2) is 76.5 Å². The number of carbonyl (C=O) groups excluding carboxylic acids is 6. The van der Waals surface area contributed by atoms with Crippen molar-refractivity contribution in [2.75, 3.05) is 25.4 Å². The zero-order valence-corrected chi connectivity index (χ0v) is 15.3. The molecule has 0 aromatic heterocycles. The van der Waals surface area contributed by atoms with E-state index in [4.69, 9.17) is 5.11 Å². The number of carbonyl (C=O) groups is 6. The van der Waals surface area contributed by atoms with E-state index in [0.29, 0.717) is 5.06 Å². The van der Waals surface area contributed by atoms with E-state index in [2.05, 4.69) is 20.8 Å². The second-order valence-corrected chi connectivity index (χ2v) is 6.59. The minimum Gasteiger partial charge on any atom is -0.383 e. The van der Waals surface area contributed by atoms with E-state index < -0.39 is 54.0 Å². The Labute approximate surface area is 158 Å². The molecule has 4 N–H and O–H groups in total. The summed E-state index contributed by atoms with van der Waals surface area (Å²) in [6.45, 7) is 0.0959. The molecule has 12 nitrogen and oxygen atoms in total. The molecule has 1 unspecified atom stereocenters. The molecule has 1 aliphatic heterocycles. The number of hydrogen-bond acceptors (Lipinski definition) is 9. The molecule has 150 valence electrons. The van der Waals surface area contributed by atoms with Gasteiger partial charge in [-0.2, -0.15) is 0 Å². The minimum absolute atomic E-state index is 0.0183. The normalized spacial score (nSPS) is 14.5. The summed E-state index contributed by atoms with van der Waals surface area (Å²) in [5.41, 5.74) is -0.707. The molecule has 13 heteroatoms. The summed E-state index contributed by atoms with van der Waals surface area (Å²) >= 11 is 0.988. The van der Waals surface area contributed by atoms with Crippen molar-refractivity contribution < 1.29 is 38.7 Å². The minimum atomic E-state index is -1.01. The SMILES string of the molecule is CC(O)SCC(=O)NCC(=O)NCC(=O)NCC(=O)ON1C(=O)CCC1=O. The van der Waals surface area contributed by atoms with Crippen molar-refractivity contribution in [1.29, 1.82) is 0 Å². The zero-order valence-electron chi connectivity index (χ0n) is 14.5. The second kappa shape index (κ2) is 11.1. The lowest BCUT2D eigenvalue weighted by molar-refractivity contribution is -0.196. The summed E-state index contributed by atoms with van der Waals surface area (Å²) in [4.78, 5) is 72.9. The first-order valence-corrected chi connectivity index (χ1v) is 8.90. The molecule has 1 fully saturated rings. The van der Waals surface area contributed by atoms with E-state index in [9.17, 15) is 28.8 Å². The maximum atomic E-state index is 11.5. The number of amides is 5. The summed E-state index contributed by atoms with van der Waals surface area (Å²) in [6, 6.07) is 0. The largest absolute Gasteiger partial charge is 0.383 e. The quantitative estimate of drug-likeness (QED) is 0.219. The fraction of sp³-hybridized carbons (Fsp3) is 0.571. The van der Waals surface area contributed by atoms with Crippen LogP contribution in [0.4, 0.5) is 0 Å². The monoisotopic (exact) mass is 404 g/mol. The van der Waals surface area contributed by atoms with Gasteiger partial charge in [0.05, 0.1) is 24.3 Å². The van der Waals surface area contributed by atoms with Crippen molar-refractivity contribution in [3.8, 4) is 0 Å². The van der Waals surface area contributed by atoms with Crippen molar-refractivity contribution in [2.24, 2.45) is 0 Å². The van der Waals surface area contributed by atoms with Crippen molar-refractivity contribution in [1.82, 2.24) is 21.0 Å². The molecule has 27 heavy (non-hydrogen) atoms. The van der Waals surface area contributed by atoms with E-state index >= 15 is 0 Å². The Morgan fingerprint density at radius 2 is 1.48 bits per heavy atom. The van der Waals surface area contributed by atoms with Crippen LogP contribution in [0.2, 0.25) is 0 Å². The molecule has 0 aliphatic carbocycles. The topological polar surface area (TPSA) is 171 Å². The van der Waals surface area contributed by atoms with E-state index in [-0.39, 0.29) is 25.1 Å². The molecular formula is C14H20N4O8S. The summed E-state index contributed by atoms with van der Waals surface area (Å²) in [6.07, 6.45) is -0.0858. The molecule has 1 rings (SSSR count). The van der Waals surface area contributed by atoms with Gasteiger partial charge < -0.3 is 25.9 Å². The maximum absolute atomic E-state index is 11.5. The number of aliphatic hydroxyl groups excluding tert-OH is 1. The van der Waals surface area contributed by atoms with Gasteiger partial charge in [0.15, 0.2) is 0 Å². The van der Waals surface area contributed by atoms with Crippen LogP contribution in [0.5, 0.6) is 0 Å². The van der Waals surface area contributed by atoms with Crippen molar-refractivity contribution in [3.63, 3.8) is 0 Å². The number of aliphatic hydroxyl groups is 1. The molecule has 1 aliphatic rings. The molecular weight excluding hydrogens is 384 g/mol. The fourth-order valence-electron chi connectivity index (χ4n) is 1.69. The van der Waals surface area contributed by atoms with Crippen LogP contribution in [-0.2, 0) is 33.6 Å². The molecule has 0 radical (unpaired) electrons. The molecule has 0 bridgehead atoms.